The molecule has 2 heterocycles. The molecule has 0 spiro atoms. The molecular formula is C17H25N3. The summed E-state index contributed by atoms with van der Waals surface area (Å²) >= 11 is 0. The van der Waals surface area contributed by atoms with Crippen LogP contribution in [0.25, 0.3) is 0 Å². The molecule has 2 fully saturated rings. The number of nitrogens with one attached hydrogen (secondary N) is 1. The maximum atomic E-state index is 4.89. The maximum Gasteiger partial charge on any atom is 0.102 e. The van der Waals surface area contributed by atoms with E-state index in [1.807, 2.05) is 0 Å². The molecule has 2 saturated heterocycles. The summed E-state index contributed by atoms with van der Waals surface area (Å²) in [6.45, 7) is 3.43. The molecule has 0 bridgehead atoms. The van der Waals surface area contributed by atoms with Gasteiger partial charge in [0.2, 0.25) is 0 Å². The van der Waals surface area contributed by atoms with E-state index < -0.39 is 0 Å². The summed E-state index contributed by atoms with van der Waals surface area (Å²) in [6, 6.07) is 8.62. The summed E-state index contributed by atoms with van der Waals surface area (Å²) in [5.74, 6) is 1.17. The van der Waals surface area contributed by atoms with E-state index in [0.29, 0.717) is 0 Å². The van der Waals surface area contributed by atoms with Gasteiger partial charge in [-0.1, -0.05) is 25.0 Å². The largest absolute Gasteiger partial charge is 0.374 e. The Bertz CT molecular complexity index is 451. The Kier molecular flexibility index (Phi) is 4.57. The predicted molar refractivity (Wildman–Crippen MR) is 86.1 cm³/mol. The van der Waals surface area contributed by atoms with Crippen molar-refractivity contribution < 1.29 is 0 Å². The SMILES string of the molecule is c1ccc(N2CCCCCC2)c(N=C2CCCCN2)c1. The summed E-state index contributed by atoms with van der Waals surface area (Å²) < 4.78 is 0. The summed E-state index contributed by atoms with van der Waals surface area (Å²) in [6.07, 6.45) is 8.98. The molecule has 20 heavy (non-hydrogen) atoms. The van der Waals surface area contributed by atoms with Crippen molar-refractivity contribution in [3.8, 4) is 0 Å². The van der Waals surface area contributed by atoms with Crippen LogP contribution in [0.15, 0.2) is 29.3 Å². The van der Waals surface area contributed by atoms with Crippen LogP contribution < -0.4 is 10.2 Å². The van der Waals surface area contributed by atoms with Gasteiger partial charge in [-0.2, -0.15) is 0 Å². The van der Waals surface area contributed by atoms with Crippen molar-refractivity contribution in [3.63, 3.8) is 0 Å². The topological polar surface area (TPSA) is 27.6 Å². The molecule has 3 rings (SSSR count). The van der Waals surface area contributed by atoms with Crippen LogP contribution in [0.4, 0.5) is 11.4 Å². The third-order valence-electron chi connectivity index (χ3n) is 4.25. The van der Waals surface area contributed by atoms with Crippen molar-refractivity contribution in [2.75, 3.05) is 24.5 Å². The lowest BCUT2D eigenvalue weighted by atomic mass is 10.1. The first kappa shape index (κ1) is 13.5. The molecule has 0 saturated carbocycles. The number of rotatable bonds is 2. The fourth-order valence-electron chi connectivity index (χ4n) is 3.12. The summed E-state index contributed by atoms with van der Waals surface area (Å²) in [5.41, 5.74) is 2.45. The van der Waals surface area contributed by atoms with Gasteiger partial charge in [-0.25, -0.2) is 4.99 Å². The molecule has 0 radical (unpaired) electrons. The lowest BCUT2D eigenvalue weighted by Crippen LogP contribution is -2.29. The van der Waals surface area contributed by atoms with E-state index >= 15 is 0 Å². The van der Waals surface area contributed by atoms with Crippen molar-refractivity contribution in [1.29, 1.82) is 0 Å². The number of hydrogen-bond donors (Lipinski definition) is 1. The minimum atomic E-state index is 1.07. The minimum Gasteiger partial charge on any atom is -0.374 e. The molecule has 0 aliphatic carbocycles. The second-order valence-corrected chi connectivity index (χ2v) is 5.83. The first-order valence-corrected chi connectivity index (χ1v) is 8.09. The molecule has 2 aliphatic heterocycles. The van der Waals surface area contributed by atoms with Gasteiger partial charge in [0.25, 0.3) is 0 Å². The fraction of sp³-hybridized carbons (Fsp3) is 0.588. The predicted octanol–water partition coefficient (Wildman–Crippen LogP) is 3.87. The van der Waals surface area contributed by atoms with E-state index in [9.17, 15) is 0 Å². The zero-order valence-electron chi connectivity index (χ0n) is 12.3. The van der Waals surface area contributed by atoms with Crippen LogP contribution in [0.5, 0.6) is 0 Å². The van der Waals surface area contributed by atoms with Crippen LogP contribution in [0.1, 0.15) is 44.9 Å². The second kappa shape index (κ2) is 6.78. The third-order valence-corrected chi connectivity index (χ3v) is 4.25. The number of hydrogen-bond acceptors (Lipinski definition) is 2. The number of nitrogens with zero attached hydrogens (tertiary/aromatic N) is 2. The lowest BCUT2D eigenvalue weighted by Gasteiger charge is -2.24. The Morgan fingerprint density at radius 1 is 0.900 bits per heavy atom. The zero-order valence-corrected chi connectivity index (χ0v) is 12.3. The molecule has 108 valence electrons. The Morgan fingerprint density at radius 2 is 1.70 bits per heavy atom. The number of benzene rings is 1. The smallest absolute Gasteiger partial charge is 0.102 e. The van der Waals surface area contributed by atoms with Crippen LogP contribution in [0.3, 0.4) is 0 Å². The normalized spacial score (nSPS) is 22.4. The van der Waals surface area contributed by atoms with E-state index in [4.69, 9.17) is 4.99 Å². The van der Waals surface area contributed by atoms with Gasteiger partial charge in [-0.15, -0.1) is 0 Å². The molecule has 0 atom stereocenters. The molecule has 1 aromatic rings. The highest BCUT2D eigenvalue weighted by Gasteiger charge is 2.14. The van der Waals surface area contributed by atoms with Gasteiger partial charge in [0.05, 0.1) is 11.4 Å². The molecule has 1 aromatic carbocycles. The van der Waals surface area contributed by atoms with Crippen molar-refractivity contribution in [1.82, 2.24) is 5.32 Å². The summed E-state index contributed by atoms with van der Waals surface area (Å²) in [4.78, 5) is 7.41. The third kappa shape index (κ3) is 3.33. The first-order valence-electron chi connectivity index (χ1n) is 8.09. The van der Waals surface area contributed by atoms with Crippen LogP contribution in [0.2, 0.25) is 0 Å². The highest BCUT2D eigenvalue weighted by atomic mass is 15.1. The molecule has 1 N–H and O–H groups in total. The van der Waals surface area contributed by atoms with Gasteiger partial charge in [0.15, 0.2) is 0 Å². The minimum absolute atomic E-state index is 1.07. The highest BCUT2D eigenvalue weighted by Crippen LogP contribution is 2.30. The Morgan fingerprint density at radius 3 is 2.45 bits per heavy atom. The lowest BCUT2D eigenvalue weighted by molar-refractivity contribution is 0.669. The van der Waals surface area contributed by atoms with Crippen molar-refractivity contribution in [2.45, 2.75) is 44.9 Å². The maximum absolute atomic E-state index is 4.89. The van der Waals surface area contributed by atoms with Crippen LogP contribution in [-0.2, 0) is 0 Å². The molecule has 0 aromatic heterocycles. The number of amidine groups is 1. The second-order valence-electron chi connectivity index (χ2n) is 5.83. The molecule has 0 amide bonds. The number of anilines is 1. The summed E-state index contributed by atoms with van der Waals surface area (Å²) in [5, 5.41) is 3.44. The van der Waals surface area contributed by atoms with Crippen LogP contribution in [0, 0.1) is 0 Å². The Hall–Kier alpha value is -1.51. The van der Waals surface area contributed by atoms with Crippen molar-refractivity contribution in [3.05, 3.63) is 24.3 Å². The van der Waals surface area contributed by atoms with Gasteiger partial charge in [0.1, 0.15) is 5.84 Å². The van der Waals surface area contributed by atoms with E-state index in [1.54, 1.807) is 0 Å². The van der Waals surface area contributed by atoms with Gasteiger partial charge >= 0.3 is 0 Å². The average Bonchev–Trinajstić information content (AvgIpc) is 2.78. The average molecular weight is 271 g/mol. The molecule has 3 heteroatoms. The number of piperidine rings is 1. The van der Waals surface area contributed by atoms with E-state index in [-0.39, 0.29) is 0 Å². The Balaban J connectivity index is 1.83. The Labute approximate surface area is 122 Å². The number of para-hydroxylation sites is 2. The van der Waals surface area contributed by atoms with Gasteiger partial charge in [-0.05, 0) is 37.8 Å². The van der Waals surface area contributed by atoms with E-state index in [1.165, 1.54) is 63.1 Å². The molecule has 3 nitrogen and oxygen atoms in total. The highest BCUT2D eigenvalue weighted by molar-refractivity contribution is 5.87. The van der Waals surface area contributed by atoms with Gasteiger partial charge in [0, 0.05) is 26.1 Å². The standard InChI is InChI=1S/C17H25N3/c1-2-8-14-20(13-7-1)16-10-4-3-9-15(16)19-17-11-5-6-12-18-17/h3-4,9-10H,1-2,5-8,11-14H2,(H,18,19). The molecule has 0 unspecified atom stereocenters. The van der Waals surface area contributed by atoms with Gasteiger partial charge < -0.3 is 10.2 Å². The van der Waals surface area contributed by atoms with E-state index in [2.05, 4.69) is 34.5 Å². The summed E-state index contributed by atoms with van der Waals surface area (Å²) in [7, 11) is 0. The monoisotopic (exact) mass is 271 g/mol. The van der Waals surface area contributed by atoms with Gasteiger partial charge in [-0.3, -0.25) is 0 Å². The quantitative estimate of drug-likeness (QED) is 0.884. The van der Waals surface area contributed by atoms with Crippen molar-refractivity contribution >= 4 is 17.2 Å². The fourth-order valence-corrected chi connectivity index (χ4v) is 3.12. The van der Waals surface area contributed by atoms with Crippen LogP contribution in [-0.4, -0.2) is 25.5 Å². The van der Waals surface area contributed by atoms with Crippen molar-refractivity contribution in [2.24, 2.45) is 4.99 Å². The van der Waals surface area contributed by atoms with E-state index in [0.717, 1.165) is 18.7 Å². The molecule has 2 aliphatic rings. The van der Waals surface area contributed by atoms with Crippen LogP contribution >= 0.6 is 0 Å². The first-order chi connectivity index (χ1) is 9.93. The molecular weight excluding hydrogens is 246 g/mol. The zero-order chi connectivity index (χ0) is 13.6. The number of aliphatic imine (C=N–C) groups is 1.